The first-order chi connectivity index (χ1) is 13.7. The van der Waals surface area contributed by atoms with Crippen LogP contribution in [0.1, 0.15) is 94.6 Å². The topological polar surface area (TPSA) is 0 Å². The fraction of sp³-hybridized carbons (Fsp3) is 0.704. The molecule has 0 bridgehead atoms. The lowest BCUT2D eigenvalue weighted by Gasteiger charge is -2.45. The molecule has 0 aliphatic heterocycles. The molecule has 0 nitrogen and oxygen atoms in total. The van der Waals surface area contributed by atoms with Crippen LogP contribution >= 0.6 is 0 Å². The van der Waals surface area contributed by atoms with Gasteiger partial charge in [0.1, 0.15) is 5.82 Å². The summed E-state index contributed by atoms with van der Waals surface area (Å²) in [6.45, 7) is 6.10. The van der Waals surface area contributed by atoms with Crippen molar-refractivity contribution >= 4 is 0 Å². The number of fused-ring (bicyclic) bond motifs is 1. The van der Waals surface area contributed by atoms with E-state index >= 15 is 0 Å². The molecule has 154 valence electrons. The highest BCUT2D eigenvalue weighted by Gasteiger charge is 2.39. The summed E-state index contributed by atoms with van der Waals surface area (Å²) in [5.41, 5.74) is 2.02. The fourth-order valence-corrected chi connectivity index (χ4v) is 6.86. The van der Waals surface area contributed by atoms with Crippen molar-refractivity contribution in [3.63, 3.8) is 0 Å². The van der Waals surface area contributed by atoms with Gasteiger partial charge in [-0.15, -0.1) is 6.58 Å². The molecule has 0 radical (unpaired) electrons. The number of rotatable bonds is 5. The largest absolute Gasteiger partial charge is 0.207 e. The van der Waals surface area contributed by atoms with Gasteiger partial charge in [0, 0.05) is 0 Å². The van der Waals surface area contributed by atoms with Gasteiger partial charge in [0.2, 0.25) is 0 Å². The third-order valence-electron chi connectivity index (χ3n) is 8.70. The first-order valence-electron chi connectivity index (χ1n) is 12.1. The Kier molecular flexibility index (Phi) is 6.59. The molecule has 1 aromatic rings. The normalized spacial score (nSPS) is 35.9. The molecule has 0 heterocycles. The third-order valence-corrected chi connectivity index (χ3v) is 8.70. The van der Waals surface area contributed by atoms with E-state index in [9.17, 15) is 4.39 Å². The van der Waals surface area contributed by atoms with Crippen LogP contribution in [-0.4, -0.2) is 0 Å². The van der Waals surface area contributed by atoms with Crippen molar-refractivity contribution in [2.24, 2.45) is 29.6 Å². The van der Waals surface area contributed by atoms with Gasteiger partial charge < -0.3 is 0 Å². The second-order valence-electron chi connectivity index (χ2n) is 10.1. The molecule has 28 heavy (non-hydrogen) atoms. The summed E-state index contributed by atoms with van der Waals surface area (Å²) in [4.78, 5) is 0. The summed E-state index contributed by atoms with van der Waals surface area (Å²) in [5, 5.41) is 0. The monoisotopic (exact) mass is 382 g/mol. The molecule has 1 aromatic carbocycles. The van der Waals surface area contributed by atoms with Gasteiger partial charge in [0.25, 0.3) is 0 Å². The summed E-state index contributed by atoms with van der Waals surface area (Å²) in [5.74, 6) is 5.41. The molecule has 0 N–H and O–H groups in total. The zero-order valence-corrected chi connectivity index (χ0v) is 17.8. The predicted molar refractivity (Wildman–Crippen MR) is 117 cm³/mol. The molecule has 0 amide bonds. The minimum atomic E-state index is -0.0362. The Hall–Kier alpha value is -1.11. The lowest BCUT2D eigenvalue weighted by molar-refractivity contribution is 0.0716. The van der Waals surface area contributed by atoms with Crippen molar-refractivity contribution in [1.82, 2.24) is 0 Å². The van der Waals surface area contributed by atoms with Crippen LogP contribution < -0.4 is 0 Å². The maximum atomic E-state index is 14.4. The Morgan fingerprint density at radius 3 is 2.21 bits per heavy atom. The van der Waals surface area contributed by atoms with Crippen molar-refractivity contribution in [1.29, 1.82) is 0 Å². The highest BCUT2D eigenvalue weighted by molar-refractivity contribution is 5.28. The van der Waals surface area contributed by atoms with Crippen molar-refractivity contribution in [2.45, 2.75) is 89.9 Å². The highest BCUT2D eigenvalue weighted by Crippen LogP contribution is 2.51. The van der Waals surface area contributed by atoms with E-state index in [1.807, 2.05) is 12.1 Å². The van der Waals surface area contributed by atoms with Crippen LogP contribution in [0.3, 0.4) is 0 Å². The van der Waals surface area contributed by atoms with Crippen molar-refractivity contribution in [3.8, 4) is 0 Å². The van der Waals surface area contributed by atoms with Crippen LogP contribution in [0, 0.1) is 35.4 Å². The van der Waals surface area contributed by atoms with Gasteiger partial charge in [-0.3, -0.25) is 0 Å². The maximum Gasteiger partial charge on any atom is 0.126 e. The van der Waals surface area contributed by atoms with Gasteiger partial charge in [-0.2, -0.15) is 0 Å². The Morgan fingerprint density at radius 1 is 0.893 bits per heavy atom. The van der Waals surface area contributed by atoms with Gasteiger partial charge in [0.15, 0.2) is 0 Å². The van der Waals surface area contributed by atoms with Crippen LogP contribution in [0.2, 0.25) is 0 Å². The molecule has 0 saturated heterocycles. The van der Waals surface area contributed by atoms with Gasteiger partial charge in [-0.25, -0.2) is 4.39 Å². The van der Waals surface area contributed by atoms with E-state index in [0.29, 0.717) is 12.3 Å². The molecule has 4 unspecified atom stereocenters. The molecule has 3 aliphatic carbocycles. The van der Waals surface area contributed by atoms with Crippen LogP contribution in [-0.2, 0) is 6.42 Å². The van der Waals surface area contributed by atoms with Crippen molar-refractivity contribution in [3.05, 3.63) is 47.8 Å². The second kappa shape index (κ2) is 9.14. The molecule has 4 rings (SSSR count). The smallest absolute Gasteiger partial charge is 0.126 e. The molecule has 3 fully saturated rings. The Labute approximate surface area is 172 Å². The lowest BCUT2D eigenvalue weighted by atomic mass is 9.60. The number of halogens is 1. The molecule has 3 saturated carbocycles. The molecule has 4 atom stereocenters. The number of allylic oxidation sites excluding steroid dienone is 1. The predicted octanol–water partition coefficient (Wildman–Crippen LogP) is 8.07. The van der Waals surface area contributed by atoms with Crippen LogP contribution in [0.4, 0.5) is 4.39 Å². The van der Waals surface area contributed by atoms with Crippen LogP contribution in [0.25, 0.3) is 0 Å². The average molecular weight is 383 g/mol. The fourth-order valence-electron chi connectivity index (χ4n) is 6.86. The molecule has 1 heteroatoms. The zero-order chi connectivity index (χ0) is 19.5. The summed E-state index contributed by atoms with van der Waals surface area (Å²) >= 11 is 0. The van der Waals surface area contributed by atoms with E-state index < -0.39 is 0 Å². The quantitative estimate of drug-likeness (QED) is 0.452. The van der Waals surface area contributed by atoms with Crippen LogP contribution in [0.15, 0.2) is 30.9 Å². The Morgan fingerprint density at radius 2 is 1.54 bits per heavy atom. The van der Waals surface area contributed by atoms with E-state index in [2.05, 4.69) is 19.6 Å². The Bertz CT molecular complexity index is 654. The summed E-state index contributed by atoms with van der Waals surface area (Å²) in [6, 6.07) is 5.99. The first kappa shape index (κ1) is 20.2. The SMILES string of the molecule is C=CCc1ccc(C2CCC3CC(C4CCC(CC)CC4)CCC3C2)cc1F. The number of hydrogen-bond donors (Lipinski definition) is 0. The molecular weight excluding hydrogens is 343 g/mol. The van der Waals surface area contributed by atoms with Crippen molar-refractivity contribution < 1.29 is 4.39 Å². The number of benzene rings is 1. The zero-order valence-electron chi connectivity index (χ0n) is 17.8. The standard InChI is InChI=1S/C27H39F/c1-3-5-21-10-11-26(18-27(21)28)25-15-14-23-16-22(12-13-24(23)17-25)20-8-6-19(4-2)7-9-20/h3,10-11,18-20,22-25H,1,4-9,12-17H2,2H3. The molecule has 3 aliphatic rings. The van der Waals surface area contributed by atoms with Crippen LogP contribution in [0.5, 0.6) is 0 Å². The van der Waals surface area contributed by atoms with Gasteiger partial charge in [0.05, 0.1) is 0 Å². The summed E-state index contributed by atoms with van der Waals surface area (Å²) in [6.07, 6.45) is 18.1. The number of hydrogen-bond acceptors (Lipinski definition) is 0. The highest BCUT2D eigenvalue weighted by atomic mass is 19.1. The molecular formula is C27H39F. The molecule has 0 spiro atoms. The van der Waals surface area contributed by atoms with E-state index in [4.69, 9.17) is 0 Å². The maximum absolute atomic E-state index is 14.4. The first-order valence-corrected chi connectivity index (χ1v) is 12.1. The third kappa shape index (κ3) is 4.39. The van der Waals surface area contributed by atoms with E-state index in [1.54, 1.807) is 6.08 Å². The van der Waals surface area contributed by atoms with Gasteiger partial charge in [-0.05, 0) is 110 Å². The van der Waals surface area contributed by atoms with Gasteiger partial charge in [-0.1, -0.05) is 44.4 Å². The Balaban J connectivity index is 1.33. The minimum Gasteiger partial charge on any atom is -0.207 e. The van der Waals surface area contributed by atoms with Gasteiger partial charge >= 0.3 is 0 Å². The summed E-state index contributed by atoms with van der Waals surface area (Å²) in [7, 11) is 0. The van der Waals surface area contributed by atoms with E-state index in [1.165, 1.54) is 76.2 Å². The molecule has 0 aromatic heterocycles. The van der Waals surface area contributed by atoms with E-state index in [-0.39, 0.29) is 5.82 Å². The summed E-state index contributed by atoms with van der Waals surface area (Å²) < 4.78 is 14.4. The average Bonchev–Trinajstić information content (AvgIpc) is 2.74. The van der Waals surface area contributed by atoms with E-state index in [0.717, 1.165) is 35.2 Å². The van der Waals surface area contributed by atoms with Crippen molar-refractivity contribution in [2.75, 3.05) is 0 Å². The second-order valence-corrected chi connectivity index (χ2v) is 10.1. The lowest BCUT2D eigenvalue weighted by Crippen LogP contribution is -2.34. The minimum absolute atomic E-state index is 0.0362.